The molecule has 0 radical (unpaired) electrons. The van der Waals surface area contributed by atoms with Crippen molar-refractivity contribution in [3.05, 3.63) is 0 Å². The summed E-state index contributed by atoms with van der Waals surface area (Å²) in [6, 6.07) is 0. The largest absolute Gasteiger partial charge is 0.311 e. The van der Waals surface area contributed by atoms with Crippen LogP contribution in [0.15, 0.2) is 0 Å². The zero-order chi connectivity index (χ0) is 10.0. The normalized spacial score (nSPS) is 44.1. The molecule has 1 saturated heterocycles. The smallest absolute Gasteiger partial charge is 0.0207 e. The maximum Gasteiger partial charge on any atom is 0.0207 e. The van der Waals surface area contributed by atoms with Gasteiger partial charge in [0.15, 0.2) is 0 Å². The lowest BCUT2D eigenvalue weighted by atomic mass is 9.70. The summed E-state index contributed by atoms with van der Waals surface area (Å²) in [6.07, 6.45) is 10.1. The van der Waals surface area contributed by atoms with Crippen LogP contribution in [0.3, 0.4) is 0 Å². The van der Waals surface area contributed by atoms with Crippen LogP contribution in [0.25, 0.3) is 0 Å². The summed E-state index contributed by atoms with van der Waals surface area (Å²) in [5.74, 6) is 1.97. The molecule has 1 nitrogen and oxygen atoms in total. The fraction of sp³-hybridized carbons (Fsp3) is 1.00. The van der Waals surface area contributed by atoms with Crippen molar-refractivity contribution in [3.8, 4) is 0 Å². The molecule has 82 valence electrons. The maximum absolute atomic E-state index is 3.80. The molecule has 2 fully saturated rings. The molecule has 1 N–H and O–H groups in total. The van der Waals surface area contributed by atoms with Gasteiger partial charge in [0, 0.05) is 5.54 Å². The highest BCUT2D eigenvalue weighted by Gasteiger charge is 2.40. The third-order valence-corrected chi connectivity index (χ3v) is 4.70. The van der Waals surface area contributed by atoms with Crippen LogP contribution in [0.2, 0.25) is 0 Å². The van der Waals surface area contributed by atoms with E-state index in [4.69, 9.17) is 0 Å². The molecule has 1 heteroatoms. The van der Waals surface area contributed by atoms with Crippen molar-refractivity contribution < 1.29 is 0 Å². The molecule has 1 aliphatic heterocycles. The van der Waals surface area contributed by atoms with E-state index < -0.39 is 0 Å². The molecule has 1 atom stereocenters. The van der Waals surface area contributed by atoms with Crippen LogP contribution in [0, 0.1) is 11.8 Å². The van der Waals surface area contributed by atoms with E-state index in [1.54, 1.807) is 0 Å². The summed E-state index contributed by atoms with van der Waals surface area (Å²) in [5.41, 5.74) is 0.542. The molecule has 1 unspecified atom stereocenters. The van der Waals surface area contributed by atoms with E-state index in [9.17, 15) is 0 Å². The Morgan fingerprint density at radius 2 is 1.93 bits per heavy atom. The van der Waals surface area contributed by atoms with E-state index in [0.717, 1.165) is 11.8 Å². The molecular formula is C13H25N. The van der Waals surface area contributed by atoms with E-state index in [1.165, 1.54) is 51.5 Å². The monoisotopic (exact) mass is 195 g/mol. The van der Waals surface area contributed by atoms with E-state index >= 15 is 0 Å². The highest BCUT2D eigenvalue weighted by Crippen LogP contribution is 2.41. The molecule has 1 heterocycles. The molecule has 1 aliphatic carbocycles. The van der Waals surface area contributed by atoms with E-state index in [0.29, 0.717) is 5.54 Å². The first-order valence-corrected chi connectivity index (χ1v) is 6.52. The highest BCUT2D eigenvalue weighted by molar-refractivity contribution is 4.98. The molecular weight excluding hydrogens is 170 g/mol. The quantitative estimate of drug-likeness (QED) is 0.712. The topological polar surface area (TPSA) is 12.0 Å². The Morgan fingerprint density at radius 1 is 1.21 bits per heavy atom. The predicted molar refractivity (Wildman–Crippen MR) is 61.4 cm³/mol. The van der Waals surface area contributed by atoms with Crippen molar-refractivity contribution >= 4 is 0 Å². The first-order valence-electron chi connectivity index (χ1n) is 6.52. The zero-order valence-corrected chi connectivity index (χ0v) is 9.81. The summed E-state index contributed by atoms with van der Waals surface area (Å²) >= 11 is 0. The van der Waals surface area contributed by atoms with Crippen molar-refractivity contribution in [3.63, 3.8) is 0 Å². The van der Waals surface area contributed by atoms with Crippen LogP contribution in [0.1, 0.15) is 58.8 Å². The standard InChI is InChI=1S/C13H25N/c1-3-13(9-4-10-14-13)12-7-5-11(2)6-8-12/h11-12,14H,3-10H2,1-2H3. The van der Waals surface area contributed by atoms with Crippen LogP contribution in [0.5, 0.6) is 0 Å². The summed E-state index contributed by atoms with van der Waals surface area (Å²) in [7, 11) is 0. The molecule has 0 aromatic heterocycles. The molecule has 0 amide bonds. The fourth-order valence-corrected chi connectivity index (χ4v) is 3.58. The van der Waals surface area contributed by atoms with Gasteiger partial charge in [-0.3, -0.25) is 0 Å². The van der Waals surface area contributed by atoms with Gasteiger partial charge in [-0.25, -0.2) is 0 Å². The Labute approximate surface area is 88.7 Å². The second kappa shape index (κ2) is 4.22. The fourth-order valence-electron chi connectivity index (χ4n) is 3.58. The molecule has 2 aliphatic rings. The molecule has 14 heavy (non-hydrogen) atoms. The van der Waals surface area contributed by atoms with Gasteiger partial charge in [0.1, 0.15) is 0 Å². The second-order valence-electron chi connectivity index (χ2n) is 5.50. The van der Waals surface area contributed by atoms with Gasteiger partial charge in [-0.2, -0.15) is 0 Å². The third kappa shape index (κ3) is 1.84. The molecule has 0 bridgehead atoms. The van der Waals surface area contributed by atoms with Gasteiger partial charge < -0.3 is 5.32 Å². The molecule has 0 aromatic rings. The molecule has 0 aromatic carbocycles. The third-order valence-electron chi connectivity index (χ3n) is 4.70. The van der Waals surface area contributed by atoms with Gasteiger partial charge in [-0.1, -0.05) is 26.7 Å². The van der Waals surface area contributed by atoms with Crippen LogP contribution in [-0.4, -0.2) is 12.1 Å². The first-order chi connectivity index (χ1) is 6.77. The molecule has 0 spiro atoms. The van der Waals surface area contributed by atoms with Crippen molar-refractivity contribution in [1.29, 1.82) is 0 Å². The van der Waals surface area contributed by atoms with E-state index in [2.05, 4.69) is 19.2 Å². The number of nitrogens with one attached hydrogen (secondary N) is 1. The first kappa shape index (κ1) is 10.5. The van der Waals surface area contributed by atoms with E-state index in [-0.39, 0.29) is 0 Å². The average Bonchev–Trinajstić information content (AvgIpc) is 2.68. The minimum Gasteiger partial charge on any atom is -0.311 e. The van der Waals surface area contributed by atoms with Crippen molar-refractivity contribution in [2.24, 2.45) is 11.8 Å². The number of hydrogen-bond acceptors (Lipinski definition) is 1. The van der Waals surface area contributed by atoms with Gasteiger partial charge >= 0.3 is 0 Å². The van der Waals surface area contributed by atoms with Crippen molar-refractivity contribution in [2.45, 2.75) is 64.3 Å². The second-order valence-corrected chi connectivity index (χ2v) is 5.50. The van der Waals surface area contributed by atoms with Gasteiger partial charge in [0.2, 0.25) is 0 Å². The lowest BCUT2D eigenvalue weighted by molar-refractivity contribution is 0.154. The summed E-state index contributed by atoms with van der Waals surface area (Å²) in [6.45, 7) is 6.05. The molecule has 2 rings (SSSR count). The van der Waals surface area contributed by atoms with Gasteiger partial charge in [-0.15, -0.1) is 0 Å². The van der Waals surface area contributed by atoms with Crippen molar-refractivity contribution in [2.75, 3.05) is 6.54 Å². The van der Waals surface area contributed by atoms with Crippen molar-refractivity contribution in [1.82, 2.24) is 5.32 Å². The maximum atomic E-state index is 3.80. The Kier molecular flexibility index (Phi) is 3.16. The zero-order valence-electron chi connectivity index (χ0n) is 9.81. The minimum absolute atomic E-state index is 0.542. The summed E-state index contributed by atoms with van der Waals surface area (Å²) in [5, 5.41) is 3.80. The summed E-state index contributed by atoms with van der Waals surface area (Å²) in [4.78, 5) is 0. The number of hydrogen-bond donors (Lipinski definition) is 1. The number of rotatable bonds is 2. The SMILES string of the molecule is CCC1(C2CCC(C)CC2)CCCN1. The Hall–Kier alpha value is -0.0400. The summed E-state index contributed by atoms with van der Waals surface area (Å²) < 4.78 is 0. The lowest BCUT2D eigenvalue weighted by Gasteiger charge is -2.41. The lowest BCUT2D eigenvalue weighted by Crippen LogP contribution is -2.47. The Bertz CT molecular complexity index is 174. The highest BCUT2D eigenvalue weighted by atomic mass is 15.0. The van der Waals surface area contributed by atoms with E-state index in [1.807, 2.05) is 0 Å². The Balaban J connectivity index is 1.98. The Morgan fingerprint density at radius 3 is 2.43 bits per heavy atom. The van der Waals surface area contributed by atoms with Crippen LogP contribution < -0.4 is 5.32 Å². The van der Waals surface area contributed by atoms with Gasteiger partial charge in [0.05, 0.1) is 0 Å². The average molecular weight is 195 g/mol. The molecule has 1 saturated carbocycles. The van der Waals surface area contributed by atoms with Crippen LogP contribution >= 0.6 is 0 Å². The van der Waals surface area contributed by atoms with Crippen LogP contribution in [0.4, 0.5) is 0 Å². The minimum atomic E-state index is 0.542. The van der Waals surface area contributed by atoms with Gasteiger partial charge in [0.25, 0.3) is 0 Å². The van der Waals surface area contributed by atoms with Crippen LogP contribution in [-0.2, 0) is 0 Å². The predicted octanol–water partition coefficient (Wildman–Crippen LogP) is 3.34. The van der Waals surface area contributed by atoms with Gasteiger partial charge in [-0.05, 0) is 50.5 Å².